The minimum atomic E-state index is -3.79. The molecular weight excluding hydrogens is 399 g/mol. The smallest absolute Gasteiger partial charge is 0.262 e. The maximum Gasteiger partial charge on any atom is 0.262 e. The van der Waals surface area contributed by atoms with Gasteiger partial charge in [0.2, 0.25) is 10.0 Å². The molecule has 29 heavy (non-hydrogen) atoms. The lowest BCUT2D eigenvalue weighted by Crippen LogP contribution is -2.31. The van der Waals surface area contributed by atoms with Gasteiger partial charge in [0.1, 0.15) is 22.2 Å². The van der Waals surface area contributed by atoms with E-state index in [0.717, 1.165) is 0 Å². The predicted molar refractivity (Wildman–Crippen MR) is 108 cm³/mol. The molecule has 0 aliphatic heterocycles. The number of anilines is 1. The first kappa shape index (κ1) is 22.6. The standard InChI is InChI=1S/C20H25FN2O5S/c1-4-23(5-2)29(25,26)19-13-16(10-11-18(19)27-6-3)22-20(24)14-28-17-9-7-8-15(21)12-17/h7-13H,4-6,14H2,1-3H3,(H,22,24). The molecule has 2 aromatic carbocycles. The topological polar surface area (TPSA) is 84.9 Å². The molecule has 0 heterocycles. The van der Waals surface area contributed by atoms with Crippen molar-refractivity contribution >= 4 is 21.6 Å². The van der Waals surface area contributed by atoms with Crippen molar-refractivity contribution in [3.63, 3.8) is 0 Å². The maximum absolute atomic E-state index is 13.2. The highest BCUT2D eigenvalue weighted by molar-refractivity contribution is 7.89. The third-order valence-electron chi connectivity index (χ3n) is 4.02. The van der Waals surface area contributed by atoms with Crippen LogP contribution in [0.4, 0.5) is 10.1 Å². The van der Waals surface area contributed by atoms with Crippen LogP contribution in [-0.4, -0.2) is 44.9 Å². The third kappa shape index (κ3) is 5.91. The zero-order valence-corrected chi connectivity index (χ0v) is 17.5. The first-order valence-electron chi connectivity index (χ1n) is 9.27. The van der Waals surface area contributed by atoms with Crippen LogP contribution in [0.15, 0.2) is 47.4 Å². The molecule has 0 aliphatic carbocycles. The SMILES string of the molecule is CCOc1ccc(NC(=O)COc2cccc(F)c2)cc1S(=O)(=O)N(CC)CC. The summed E-state index contributed by atoms with van der Waals surface area (Å²) in [7, 11) is -3.79. The lowest BCUT2D eigenvalue weighted by molar-refractivity contribution is -0.118. The first-order chi connectivity index (χ1) is 13.8. The van der Waals surface area contributed by atoms with Crippen LogP contribution in [0.25, 0.3) is 0 Å². The third-order valence-corrected chi connectivity index (χ3v) is 6.09. The Hall–Kier alpha value is -2.65. The van der Waals surface area contributed by atoms with Gasteiger partial charge in [0.05, 0.1) is 6.61 Å². The molecule has 1 N–H and O–H groups in total. The summed E-state index contributed by atoms with van der Waals surface area (Å²) in [4.78, 5) is 12.1. The van der Waals surface area contributed by atoms with Crippen LogP contribution in [0.3, 0.4) is 0 Å². The highest BCUT2D eigenvalue weighted by Gasteiger charge is 2.26. The van der Waals surface area contributed by atoms with Crippen LogP contribution in [0, 0.1) is 5.82 Å². The molecule has 0 fully saturated rings. The van der Waals surface area contributed by atoms with Crippen molar-refractivity contribution in [2.75, 3.05) is 31.6 Å². The van der Waals surface area contributed by atoms with E-state index in [1.807, 2.05) is 0 Å². The normalized spacial score (nSPS) is 11.3. The largest absolute Gasteiger partial charge is 0.492 e. The van der Waals surface area contributed by atoms with Gasteiger partial charge in [-0.05, 0) is 37.3 Å². The van der Waals surface area contributed by atoms with E-state index >= 15 is 0 Å². The Morgan fingerprint density at radius 3 is 2.41 bits per heavy atom. The second-order valence-corrected chi connectivity index (χ2v) is 7.88. The van der Waals surface area contributed by atoms with Crippen molar-refractivity contribution in [1.29, 1.82) is 0 Å². The Labute approximate surface area is 170 Å². The Morgan fingerprint density at radius 1 is 1.07 bits per heavy atom. The van der Waals surface area contributed by atoms with Gasteiger partial charge in [-0.2, -0.15) is 4.31 Å². The molecule has 1 amide bonds. The fourth-order valence-corrected chi connectivity index (χ4v) is 4.28. The van der Waals surface area contributed by atoms with Gasteiger partial charge in [-0.1, -0.05) is 19.9 Å². The fourth-order valence-electron chi connectivity index (χ4n) is 2.67. The Morgan fingerprint density at radius 2 is 1.79 bits per heavy atom. The van der Waals surface area contributed by atoms with E-state index in [2.05, 4.69) is 5.32 Å². The number of carbonyl (C=O) groups is 1. The number of nitrogens with zero attached hydrogens (tertiary/aromatic N) is 1. The van der Waals surface area contributed by atoms with Crippen LogP contribution in [0.2, 0.25) is 0 Å². The van der Waals surface area contributed by atoms with Crippen LogP contribution >= 0.6 is 0 Å². The van der Waals surface area contributed by atoms with Crippen molar-refractivity contribution in [2.24, 2.45) is 0 Å². The molecule has 0 saturated carbocycles. The second-order valence-electron chi connectivity index (χ2n) is 5.98. The minimum Gasteiger partial charge on any atom is -0.492 e. The van der Waals surface area contributed by atoms with E-state index in [1.165, 1.54) is 40.7 Å². The Kier molecular flexibility index (Phi) is 7.98. The van der Waals surface area contributed by atoms with E-state index in [4.69, 9.17) is 9.47 Å². The number of rotatable bonds is 10. The van der Waals surface area contributed by atoms with E-state index in [9.17, 15) is 17.6 Å². The number of carbonyl (C=O) groups excluding carboxylic acids is 1. The molecule has 7 nitrogen and oxygen atoms in total. The number of halogens is 1. The molecule has 0 bridgehead atoms. The number of hydrogen-bond acceptors (Lipinski definition) is 5. The van der Waals surface area contributed by atoms with Crippen LogP contribution in [-0.2, 0) is 14.8 Å². The summed E-state index contributed by atoms with van der Waals surface area (Å²) in [6.45, 7) is 5.81. The summed E-state index contributed by atoms with van der Waals surface area (Å²) >= 11 is 0. The molecule has 0 unspecified atom stereocenters. The second kappa shape index (κ2) is 10.2. The van der Waals surface area contributed by atoms with Crippen molar-refractivity contribution in [3.8, 4) is 11.5 Å². The van der Waals surface area contributed by atoms with Gasteiger partial charge in [0.25, 0.3) is 5.91 Å². The van der Waals surface area contributed by atoms with Crippen molar-refractivity contribution in [1.82, 2.24) is 4.31 Å². The molecule has 2 rings (SSSR count). The zero-order chi connectivity index (χ0) is 21.4. The zero-order valence-electron chi connectivity index (χ0n) is 16.6. The summed E-state index contributed by atoms with van der Waals surface area (Å²) in [5.74, 6) is -0.546. The van der Waals surface area contributed by atoms with Gasteiger partial charge in [-0.25, -0.2) is 12.8 Å². The van der Waals surface area contributed by atoms with Gasteiger partial charge in [0, 0.05) is 24.8 Å². The molecular formula is C20H25FN2O5S. The fraction of sp³-hybridized carbons (Fsp3) is 0.350. The highest BCUT2D eigenvalue weighted by Crippen LogP contribution is 2.30. The summed E-state index contributed by atoms with van der Waals surface area (Å²) in [5.41, 5.74) is 0.284. The number of amides is 1. The number of benzene rings is 2. The lowest BCUT2D eigenvalue weighted by Gasteiger charge is -2.21. The first-order valence-corrected chi connectivity index (χ1v) is 10.7. The molecule has 0 radical (unpaired) electrons. The Balaban J connectivity index is 2.20. The van der Waals surface area contributed by atoms with Gasteiger partial charge >= 0.3 is 0 Å². The predicted octanol–water partition coefficient (Wildman–Crippen LogP) is 3.27. The molecule has 0 aromatic heterocycles. The average molecular weight is 424 g/mol. The van der Waals surface area contributed by atoms with Crippen LogP contribution in [0.1, 0.15) is 20.8 Å². The monoisotopic (exact) mass is 424 g/mol. The molecule has 0 atom stereocenters. The van der Waals surface area contributed by atoms with Gasteiger partial charge in [-0.3, -0.25) is 4.79 Å². The van der Waals surface area contributed by atoms with Gasteiger partial charge < -0.3 is 14.8 Å². The van der Waals surface area contributed by atoms with E-state index in [-0.39, 0.29) is 28.7 Å². The average Bonchev–Trinajstić information content (AvgIpc) is 2.68. The summed E-state index contributed by atoms with van der Waals surface area (Å²) < 4.78 is 51.1. The summed E-state index contributed by atoms with van der Waals surface area (Å²) in [6, 6.07) is 9.85. The molecule has 158 valence electrons. The maximum atomic E-state index is 13.2. The Bertz CT molecular complexity index is 946. The van der Waals surface area contributed by atoms with E-state index in [1.54, 1.807) is 26.8 Å². The van der Waals surface area contributed by atoms with Crippen molar-refractivity contribution < 1.29 is 27.1 Å². The molecule has 9 heteroatoms. The number of nitrogens with one attached hydrogen (secondary N) is 1. The van der Waals surface area contributed by atoms with Crippen LogP contribution in [0.5, 0.6) is 11.5 Å². The van der Waals surface area contributed by atoms with Crippen LogP contribution < -0.4 is 14.8 Å². The lowest BCUT2D eigenvalue weighted by atomic mass is 10.3. The molecule has 0 spiro atoms. The van der Waals surface area contributed by atoms with Crippen molar-refractivity contribution in [2.45, 2.75) is 25.7 Å². The van der Waals surface area contributed by atoms with E-state index < -0.39 is 21.7 Å². The highest BCUT2D eigenvalue weighted by atomic mass is 32.2. The van der Waals surface area contributed by atoms with Gasteiger partial charge in [-0.15, -0.1) is 0 Å². The number of hydrogen-bond donors (Lipinski definition) is 1. The minimum absolute atomic E-state index is 0.0214. The molecule has 2 aromatic rings. The molecule has 0 saturated heterocycles. The quantitative estimate of drug-likeness (QED) is 0.633. The van der Waals surface area contributed by atoms with E-state index in [0.29, 0.717) is 19.7 Å². The molecule has 0 aliphatic rings. The summed E-state index contributed by atoms with van der Waals surface area (Å²) in [5, 5.41) is 2.59. The summed E-state index contributed by atoms with van der Waals surface area (Å²) in [6.07, 6.45) is 0. The number of ether oxygens (including phenoxy) is 2. The van der Waals surface area contributed by atoms with Gasteiger partial charge in [0.15, 0.2) is 6.61 Å². The number of sulfonamides is 1. The van der Waals surface area contributed by atoms with Crippen molar-refractivity contribution in [3.05, 3.63) is 48.3 Å².